The molecule has 25 heavy (non-hydrogen) atoms. The second-order valence-electron chi connectivity index (χ2n) is 9.63. The van der Waals surface area contributed by atoms with Crippen LogP contribution in [0.1, 0.15) is 43.7 Å². The zero-order chi connectivity index (χ0) is 18.2. The van der Waals surface area contributed by atoms with Crippen molar-refractivity contribution >= 4 is 16.6 Å². The highest BCUT2D eigenvalue weighted by Crippen LogP contribution is 2.46. The minimum atomic E-state index is -1.58. The molecular weight excluding hydrogens is 338 g/mol. The first-order chi connectivity index (χ1) is 11.7. The van der Waals surface area contributed by atoms with E-state index < -0.39 is 16.6 Å². The Labute approximate surface area is 156 Å². The number of fused-ring (bicyclic) bond motifs is 1. The van der Waals surface area contributed by atoms with Gasteiger partial charge in [0.1, 0.15) is 8.24 Å². The van der Waals surface area contributed by atoms with Crippen molar-refractivity contribution in [2.45, 2.75) is 83.5 Å². The van der Waals surface area contributed by atoms with Crippen LogP contribution in [-0.4, -0.2) is 27.2 Å². The van der Waals surface area contributed by atoms with E-state index in [0.717, 1.165) is 6.42 Å². The molecule has 0 aromatic heterocycles. The summed E-state index contributed by atoms with van der Waals surface area (Å²) >= 11 is 0. The number of nitrogens with zero attached hydrogens (tertiary/aromatic N) is 1. The van der Waals surface area contributed by atoms with Gasteiger partial charge >= 0.3 is 0 Å². The molecule has 0 unspecified atom stereocenters. The predicted octanol–water partition coefficient (Wildman–Crippen LogP) is 6.32. The molecule has 2 atom stereocenters. The van der Waals surface area contributed by atoms with Crippen LogP contribution in [0.4, 0.5) is 0 Å². The van der Waals surface area contributed by atoms with Gasteiger partial charge in [0, 0.05) is 18.5 Å². The average Bonchev–Trinajstić information content (AvgIpc) is 2.53. The van der Waals surface area contributed by atoms with Gasteiger partial charge in [0.25, 0.3) is 0 Å². The molecule has 138 valence electrons. The maximum atomic E-state index is 6.67. The van der Waals surface area contributed by atoms with Gasteiger partial charge < -0.3 is 8.99 Å². The summed E-state index contributed by atoms with van der Waals surface area (Å²) in [6, 6.07) is 12.2. The van der Waals surface area contributed by atoms with Crippen LogP contribution in [0.2, 0.25) is 39.3 Å². The minimum absolute atomic E-state index is 0.478. The molecule has 2 nitrogen and oxygen atoms in total. The lowest BCUT2D eigenvalue weighted by Gasteiger charge is -2.52. The van der Waals surface area contributed by atoms with Crippen LogP contribution < -0.4 is 0 Å². The van der Waals surface area contributed by atoms with Crippen molar-refractivity contribution in [1.29, 1.82) is 0 Å². The first-order valence-electron chi connectivity index (χ1n) is 9.91. The maximum Gasteiger partial charge on any atom is 0.241 e. The summed E-state index contributed by atoms with van der Waals surface area (Å²) in [5.41, 5.74) is 3.11. The van der Waals surface area contributed by atoms with Crippen molar-refractivity contribution in [3.63, 3.8) is 0 Å². The summed E-state index contributed by atoms with van der Waals surface area (Å²) in [5, 5.41) is 0. The van der Waals surface area contributed by atoms with Gasteiger partial charge in [0.05, 0.1) is 5.76 Å². The van der Waals surface area contributed by atoms with Crippen molar-refractivity contribution in [1.82, 2.24) is 4.57 Å². The Morgan fingerprint density at radius 3 is 2.20 bits per heavy atom. The molecule has 4 heteroatoms. The summed E-state index contributed by atoms with van der Waals surface area (Å²) < 4.78 is 9.59. The summed E-state index contributed by atoms with van der Waals surface area (Å²) in [6.07, 6.45) is 6.30. The Morgan fingerprint density at radius 1 is 0.920 bits per heavy atom. The number of hydrogen-bond acceptors (Lipinski definition) is 2. The maximum absolute atomic E-state index is 6.67. The molecule has 0 saturated heterocycles. The van der Waals surface area contributed by atoms with Crippen molar-refractivity contribution in [2.24, 2.45) is 0 Å². The third-order valence-electron chi connectivity index (χ3n) is 5.37. The van der Waals surface area contributed by atoms with E-state index in [9.17, 15) is 0 Å². The molecule has 0 bridgehead atoms. The first-order valence-corrected chi connectivity index (χ1v) is 16.8. The highest BCUT2D eigenvalue weighted by Gasteiger charge is 2.44. The van der Waals surface area contributed by atoms with E-state index >= 15 is 0 Å². The van der Waals surface area contributed by atoms with E-state index in [1.54, 1.807) is 5.57 Å². The Kier molecular flexibility index (Phi) is 5.34. The number of benzene rings is 1. The van der Waals surface area contributed by atoms with Gasteiger partial charge in [-0.15, -0.1) is 0 Å². The molecule has 0 radical (unpaired) electrons. The van der Waals surface area contributed by atoms with Gasteiger partial charge in [-0.2, -0.15) is 0 Å². The van der Waals surface area contributed by atoms with E-state index in [1.165, 1.54) is 37.0 Å². The molecule has 1 aromatic rings. The van der Waals surface area contributed by atoms with E-state index in [1.807, 2.05) is 0 Å². The monoisotopic (exact) mass is 373 g/mol. The fraction of sp³-hybridized carbons (Fsp3) is 0.619. The van der Waals surface area contributed by atoms with Crippen LogP contribution in [-0.2, 0) is 4.43 Å². The van der Waals surface area contributed by atoms with Crippen LogP contribution in [0.25, 0.3) is 0 Å². The van der Waals surface area contributed by atoms with Crippen LogP contribution in [0.15, 0.2) is 41.7 Å². The average molecular weight is 374 g/mol. The smallest absolute Gasteiger partial charge is 0.241 e. The van der Waals surface area contributed by atoms with Crippen LogP contribution in [0.3, 0.4) is 0 Å². The predicted molar refractivity (Wildman–Crippen MR) is 113 cm³/mol. The standard InChI is InChI=1S/C21H35NOSi2/c1-24(2,3)22-19-15-11-10-14-18(19)21(23-25(4,5)6)16-20(22)17-12-8-7-9-13-17/h7-9,12-13,19-20H,10-11,14-16H2,1-6H3/t19-,20+/m0/s1. The van der Waals surface area contributed by atoms with Gasteiger partial charge in [-0.3, -0.25) is 0 Å². The number of hydrogen-bond donors (Lipinski definition) is 0. The minimum Gasteiger partial charge on any atom is -0.547 e. The van der Waals surface area contributed by atoms with Gasteiger partial charge in [0.15, 0.2) is 0 Å². The van der Waals surface area contributed by atoms with Crippen LogP contribution in [0.5, 0.6) is 0 Å². The SMILES string of the molecule is C[Si](C)(C)OC1=C2CCCC[C@@H]2N([Si](C)(C)C)[C@@H](c2ccccc2)C1. The zero-order valence-corrected chi connectivity index (χ0v) is 18.9. The van der Waals surface area contributed by atoms with Gasteiger partial charge in [-0.25, -0.2) is 0 Å². The molecule has 1 aromatic carbocycles. The lowest BCUT2D eigenvalue weighted by Crippen LogP contribution is -2.57. The third kappa shape index (κ3) is 4.29. The molecule has 0 N–H and O–H groups in total. The summed E-state index contributed by atoms with van der Waals surface area (Å²) in [5.74, 6) is 1.35. The molecule has 1 aliphatic heterocycles. The Morgan fingerprint density at radius 2 is 1.60 bits per heavy atom. The van der Waals surface area contributed by atoms with Crippen molar-refractivity contribution in [3.8, 4) is 0 Å². The number of rotatable bonds is 4. The Balaban J connectivity index is 2.07. The quantitative estimate of drug-likeness (QED) is 0.573. The first kappa shape index (κ1) is 18.9. The van der Waals surface area contributed by atoms with Crippen LogP contribution in [0, 0.1) is 0 Å². The highest BCUT2D eigenvalue weighted by molar-refractivity contribution is 6.73. The molecule has 0 spiro atoms. The topological polar surface area (TPSA) is 12.5 Å². The fourth-order valence-corrected chi connectivity index (χ4v) is 7.96. The normalized spacial score (nSPS) is 25.7. The molecule has 3 rings (SSSR count). The highest BCUT2D eigenvalue weighted by atomic mass is 28.4. The Hall–Kier alpha value is -0.846. The molecule has 1 aliphatic carbocycles. The van der Waals surface area contributed by atoms with Gasteiger partial charge in [-0.05, 0) is 50.0 Å². The molecule has 1 fully saturated rings. The van der Waals surface area contributed by atoms with E-state index in [-0.39, 0.29) is 0 Å². The lowest BCUT2D eigenvalue weighted by atomic mass is 9.83. The van der Waals surface area contributed by atoms with Gasteiger partial charge in [0.2, 0.25) is 8.32 Å². The third-order valence-corrected chi connectivity index (χ3v) is 8.40. The van der Waals surface area contributed by atoms with E-state index in [2.05, 4.69) is 74.2 Å². The molecular formula is C21H35NOSi2. The van der Waals surface area contributed by atoms with Crippen molar-refractivity contribution in [3.05, 3.63) is 47.2 Å². The Bertz CT molecular complexity index is 628. The molecule has 1 saturated carbocycles. The largest absolute Gasteiger partial charge is 0.547 e. The molecule has 2 aliphatic rings. The summed E-state index contributed by atoms with van der Waals surface area (Å²) in [7, 11) is -3.03. The van der Waals surface area contributed by atoms with E-state index in [4.69, 9.17) is 4.43 Å². The molecule has 0 amide bonds. The summed E-state index contributed by atoms with van der Waals surface area (Å²) in [6.45, 7) is 14.5. The van der Waals surface area contributed by atoms with Crippen LogP contribution >= 0.6 is 0 Å². The lowest BCUT2D eigenvalue weighted by molar-refractivity contribution is 0.181. The summed E-state index contributed by atoms with van der Waals surface area (Å²) in [4.78, 5) is 0. The van der Waals surface area contributed by atoms with Gasteiger partial charge in [-0.1, -0.05) is 56.4 Å². The second kappa shape index (κ2) is 7.05. The van der Waals surface area contributed by atoms with E-state index in [0.29, 0.717) is 12.1 Å². The zero-order valence-electron chi connectivity index (χ0n) is 16.9. The second-order valence-corrected chi connectivity index (χ2v) is 18.9. The fourth-order valence-electron chi connectivity index (χ4n) is 4.61. The molecule has 1 heterocycles. The van der Waals surface area contributed by atoms with Crippen molar-refractivity contribution in [2.75, 3.05) is 0 Å². The van der Waals surface area contributed by atoms with Crippen molar-refractivity contribution < 1.29 is 4.43 Å².